The number of benzene rings is 1. The van der Waals surface area contributed by atoms with Crippen molar-refractivity contribution in [2.24, 2.45) is 5.41 Å². The maximum atomic E-state index is 9.59. The summed E-state index contributed by atoms with van der Waals surface area (Å²) in [7, 11) is 0. The van der Waals surface area contributed by atoms with Gasteiger partial charge in [-0.25, -0.2) is 0 Å². The molecule has 88 valence electrons. The van der Waals surface area contributed by atoms with Crippen LogP contribution in [0.3, 0.4) is 0 Å². The van der Waals surface area contributed by atoms with Crippen molar-refractivity contribution in [3.63, 3.8) is 0 Å². The fourth-order valence-electron chi connectivity index (χ4n) is 2.00. The molecule has 1 aromatic rings. The second kappa shape index (κ2) is 4.34. The van der Waals surface area contributed by atoms with Gasteiger partial charge in [0.15, 0.2) is 0 Å². The van der Waals surface area contributed by atoms with Crippen LogP contribution >= 0.6 is 0 Å². The van der Waals surface area contributed by atoms with E-state index in [0.29, 0.717) is 12.0 Å². The molecule has 1 aromatic carbocycles. The zero-order valence-electron chi connectivity index (χ0n) is 9.66. The van der Waals surface area contributed by atoms with Crippen LogP contribution in [-0.4, -0.2) is 16.8 Å². The molecule has 0 radical (unpaired) electrons. The van der Waals surface area contributed by atoms with Crippen LogP contribution in [0.4, 0.5) is 0 Å². The number of aromatic hydroxyl groups is 2. The van der Waals surface area contributed by atoms with Crippen LogP contribution in [0.2, 0.25) is 0 Å². The van der Waals surface area contributed by atoms with Gasteiger partial charge in [-0.05, 0) is 30.7 Å². The fourth-order valence-corrected chi connectivity index (χ4v) is 2.00. The van der Waals surface area contributed by atoms with E-state index in [1.54, 1.807) is 12.1 Å². The van der Waals surface area contributed by atoms with Crippen LogP contribution in [0.1, 0.15) is 31.7 Å². The maximum absolute atomic E-state index is 9.59. The van der Waals surface area contributed by atoms with Gasteiger partial charge in [0.25, 0.3) is 0 Å². The highest BCUT2D eigenvalue weighted by Crippen LogP contribution is 2.47. The van der Waals surface area contributed by atoms with E-state index in [1.165, 1.54) is 25.3 Å². The van der Waals surface area contributed by atoms with Crippen molar-refractivity contribution in [1.29, 1.82) is 0 Å². The van der Waals surface area contributed by atoms with E-state index in [9.17, 15) is 5.11 Å². The van der Waals surface area contributed by atoms with Gasteiger partial charge in [-0.15, -0.1) is 0 Å². The zero-order chi connectivity index (χ0) is 11.6. The molecule has 1 aliphatic carbocycles. The van der Waals surface area contributed by atoms with E-state index in [-0.39, 0.29) is 11.5 Å². The Labute approximate surface area is 96.1 Å². The normalized spacial score (nSPS) is 17.3. The molecule has 3 N–H and O–H groups in total. The lowest BCUT2D eigenvalue weighted by atomic mass is 10.0. The second-order valence-electron chi connectivity index (χ2n) is 4.77. The van der Waals surface area contributed by atoms with E-state index < -0.39 is 0 Å². The lowest BCUT2D eigenvalue weighted by Crippen LogP contribution is -2.23. The molecule has 1 aliphatic rings. The second-order valence-corrected chi connectivity index (χ2v) is 4.77. The highest BCUT2D eigenvalue weighted by Gasteiger charge is 2.39. The van der Waals surface area contributed by atoms with Crippen molar-refractivity contribution in [3.05, 3.63) is 23.8 Å². The van der Waals surface area contributed by atoms with Gasteiger partial charge in [-0.2, -0.15) is 0 Å². The first-order valence-electron chi connectivity index (χ1n) is 5.87. The molecule has 16 heavy (non-hydrogen) atoms. The molecule has 3 heteroatoms. The number of nitrogens with one attached hydrogen (secondary N) is 1. The Morgan fingerprint density at radius 1 is 1.31 bits per heavy atom. The summed E-state index contributed by atoms with van der Waals surface area (Å²) < 4.78 is 0. The average Bonchev–Trinajstić information content (AvgIpc) is 3.02. The largest absolute Gasteiger partial charge is 0.508 e. The van der Waals surface area contributed by atoms with Crippen molar-refractivity contribution in [2.45, 2.75) is 32.7 Å². The average molecular weight is 221 g/mol. The summed E-state index contributed by atoms with van der Waals surface area (Å²) in [4.78, 5) is 0. The zero-order valence-corrected chi connectivity index (χ0v) is 9.66. The Bertz CT molecular complexity index is 372. The molecule has 2 rings (SSSR count). The quantitative estimate of drug-likeness (QED) is 0.715. The molecule has 0 unspecified atom stereocenters. The molecule has 0 atom stereocenters. The third-order valence-electron chi connectivity index (χ3n) is 3.59. The molecule has 0 saturated heterocycles. The Morgan fingerprint density at radius 3 is 2.62 bits per heavy atom. The molecular weight excluding hydrogens is 202 g/mol. The Kier molecular flexibility index (Phi) is 3.06. The van der Waals surface area contributed by atoms with E-state index in [4.69, 9.17) is 5.11 Å². The van der Waals surface area contributed by atoms with Crippen molar-refractivity contribution in [2.75, 3.05) is 6.54 Å². The SMILES string of the molecule is CCC1(CNCc2ccc(O)cc2O)CC1. The maximum Gasteiger partial charge on any atom is 0.123 e. The molecule has 0 bridgehead atoms. The molecule has 0 aliphatic heterocycles. The summed E-state index contributed by atoms with van der Waals surface area (Å²) in [6.07, 6.45) is 3.86. The van der Waals surface area contributed by atoms with Crippen LogP contribution in [-0.2, 0) is 6.54 Å². The highest BCUT2D eigenvalue weighted by atomic mass is 16.3. The number of rotatable bonds is 5. The molecule has 1 fully saturated rings. The Morgan fingerprint density at radius 2 is 2.06 bits per heavy atom. The van der Waals surface area contributed by atoms with E-state index in [0.717, 1.165) is 12.1 Å². The van der Waals surface area contributed by atoms with Crippen molar-refractivity contribution in [1.82, 2.24) is 5.32 Å². The van der Waals surface area contributed by atoms with Crippen LogP contribution < -0.4 is 5.32 Å². The number of phenols is 2. The molecule has 0 spiro atoms. The number of hydrogen-bond acceptors (Lipinski definition) is 3. The summed E-state index contributed by atoms with van der Waals surface area (Å²) in [6, 6.07) is 4.73. The third-order valence-corrected chi connectivity index (χ3v) is 3.59. The van der Waals surface area contributed by atoms with Gasteiger partial charge in [0.2, 0.25) is 0 Å². The third kappa shape index (κ3) is 2.47. The minimum atomic E-state index is 0.105. The van der Waals surface area contributed by atoms with Crippen LogP contribution in [0.15, 0.2) is 18.2 Å². The lowest BCUT2D eigenvalue weighted by molar-refractivity contribution is 0.426. The topological polar surface area (TPSA) is 52.5 Å². The number of hydrogen-bond donors (Lipinski definition) is 3. The monoisotopic (exact) mass is 221 g/mol. The highest BCUT2D eigenvalue weighted by molar-refractivity contribution is 5.38. The predicted octanol–water partition coefficient (Wildman–Crippen LogP) is 2.38. The molecular formula is C13H19NO2. The minimum absolute atomic E-state index is 0.105. The van der Waals surface area contributed by atoms with Gasteiger partial charge >= 0.3 is 0 Å². The standard InChI is InChI=1S/C13H19NO2/c1-2-13(5-6-13)9-14-8-10-3-4-11(15)7-12(10)16/h3-4,7,14-16H,2,5-6,8-9H2,1H3. The van der Waals surface area contributed by atoms with Crippen LogP contribution in [0, 0.1) is 5.41 Å². The summed E-state index contributed by atoms with van der Waals surface area (Å²) in [5.41, 5.74) is 1.36. The predicted molar refractivity (Wildman–Crippen MR) is 63.4 cm³/mol. The first-order chi connectivity index (χ1) is 7.65. The smallest absolute Gasteiger partial charge is 0.123 e. The van der Waals surface area contributed by atoms with Gasteiger partial charge in [-0.3, -0.25) is 0 Å². The van der Waals surface area contributed by atoms with Gasteiger partial charge in [0.05, 0.1) is 0 Å². The fraction of sp³-hybridized carbons (Fsp3) is 0.538. The lowest BCUT2D eigenvalue weighted by Gasteiger charge is -2.13. The molecule has 1 saturated carbocycles. The molecule has 3 nitrogen and oxygen atoms in total. The molecule has 0 heterocycles. The van der Waals surface area contributed by atoms with E-state index in [1.807, 2.05) is 0 Å². The van der Waals surface area contributed by atoms with Crippen molar-refractivity contribution in [3.8, 4) is 11.5 Å². The van der Waals surface area contributed by atoms with Gasteiger partial charge < -0.3 is 15.5 Å². The van der Waals surface area contributed by atoms with Crippen LogP contribution in [0.25, 0.3) is 0 Å². The first kappa shape index (κ1) is 11.3. The summed E-state index contributed by atoms with van der Waals surface area (Å²) in [5, 5.41) is 22.1. The first-order valence-corrected chi connectivity index (χ1v) is 5.87. The molecule has 0 aromatic heterocycles. The van der Waals surface area contributed by atoms with E-state index >= 15 is 0 Å². The van der Waals surface area contributed by atoms with Gasteiger partial charge in [0.1, 0.15) is 11.5 Å². The van der Waals surface area contributed by atoms with Crippen molar-refractivity contribution < 1.29 is 10.2 Å². The van der Waals surface area contributed by atoms with Gasteiger partial charge in [0, 0.05) is 24.7 Å². The summed E-state index contributed by atoms with van der Waals surface area (Å²) >= 11 is 0. The van der Waals surface area contributed by atoms with Crippen molar-refractivity contribution >= 4 is 0 Å². The Hall–Kier alpha value is -1.22. The molecule has 0 amide bonds. The minimum Gasteiger partial charge on any atom is -0.508 e. The summed E-state index contributed by atoms with van der Waals surface area (Å²) in [5.74, 6) is 0.266. The van der Waals surface area contributed by atoms with Gasteiger partial charge in [-0.1, -0.05) is 13.0 Å². The summed E-state index contributed by atoms with van der Waals surface area (Å²) in [6.45, 7) is 3.91. The number of phenolic OH excluding ortho intramolecular Hbond substituents is 2. The van der Waals surface area contributed by atoms with Crippen LogP contribution in [0.5, 0.6) is 11.5 Å². The Balaban J connectivity index is 1.85. The van der Waals surface area contributed by atoms with E-state index in [2.05, 4.69) is 12.2 Å².